The fraction of sp³-hybridized carbons (Fsp3) is 0.647. The smallest absolute Gasteiger partial charge is 0.0592 e. The first-order valence-corrected chi connectivity index (χ1v) is 7.24. The molecular formula is C17H24O2. The van der Waals surface area contributed by atoms with Crippen molar-refractivity contribution in [3.05, 3.63) is 33.9 Å². The van der Waals surface area contributed by atoms with E-state index in [1.54, 1.807) is 0 Å². The van der Waals surface area contributed by atoms with Gasteiger partial charge >= 0.3 is 0 Å². The summed E-state index contributed by atoms with van der Waals surface area (Å²) < 4.78 is 5.60. The molecule has 1 heterocycles. The van der Waals surface area contributed by atoms with Crippen LogP contribution in [-0.2, 0) is 10.2 Å². The number of benzene rings is 1. The first kappa shape index (κ1) is 13.1. The predicted molar refractivity (Wildman–Crippen MR) is 76.6 cm³/mol. The van der Waals surface area contributed by atoms with Crippen LogP contribution in [0.15, 0.2) is 6.07 Å². The Bertz CT molecular complexity index is 496. The van der Waals surface area contributed by atoms with E-state index in [0.717, 1.165) is 26.1 Å². The lowest BCUT2D eigenvalue weighted by Crippen LogP contribution is -2.55. The molecule has 2 aliphatic rings. The fourth-order valence-electron chi connectivity index (χ4n) is 3.90. The van der Waals surface area contributed by atoms with Crippen LogP contribution in [0.3, 0.4) is 0 Å². The molecule has 1 saturated carbocycles. The van der Waals surface area contributed by atoms with Crippen molar-refractivity contribution in [2.75, 3.05) is 19.8 Å². The Balaban J connectivity index is 2.21. The summed E-state index contributed by atoms with van der Waals surface area (Å²) in [4.78, 5) is 0. The Hall–Kier alpha value is -0.860. The van der Waals surface area contributed by atoms with Gasteiger partial charge in [-0.3, -0.25) is 0 Å². The molecule has 0 bridgehead atoms. The average Bonchev–Trinajstić information content (AvgIpc) is 3.11. The number of hydrogen-bond donors (Lipinski definition) is 1. The fourth-order valence-corrected chi connectivity index (χ4v) is 3.90. The van der Waals surface area contributed by atoms with Crippen molar-refractivity contribution in [3.8, 4) is 0 Å². The van der Waals surface area contributed by atoms with E-state index >= 15 is 0 Å². The van der Waals surface area contributed by atoms with Gasteiger partial charge in [-0.15, -0.1) is 0 Å². The number of aliphatic hydroxyl groups is 1. The molecule has 2 nitrogen and oxygen atoms in total. The van der Waals surface area contributed by atoms with E-state index in [9.17, 15) is 5.11 Å². The molecule has 1 aromatic rings. The van der Waals surface area contributed by atoms with Gasteiger partial charge < -0.3 is 9.84 Å². The van der Waals surface area contributed by atoms with Crippen LogP contribution in [0.5, 0.6) is 0 Å². The van der Waals surface area contributed by atoms with Crippen molar-refractivity contribution in [1.82, 2.24) is 0 Å². The van der Waals surface area contributed by atoms with Gasteiger partial charge in [0, 0.05) is 12.0 Å². The van der Waals surface area contributed by atoms with E-state index in [-0.39, 0.29) is 10.8 Å². The zero-order valence-electron chi connectivity index (χ0n) is 12.5. The standard InChI is InChI=1S/C17H24O2/c1-11-7-12(2)14(4)15(13(11)3)17(9-19-10-17)16(8-18)5-6-16/h7,18H,5-6,8-10H2,1-4H3. The highest BCUT2D eigenvalue weighted by Crippen LogP contribution is 2.63. The molecule has 1 aromatic carbocycles. The van der Waals surface area contributed by atoms with Gasteiger partial charge in [-0.1, -0.05) is 6.07 Å². The van der Waals surface area contributed by atoms with E-state index < -0.39 is 0 Å². The van der Waals surface area contributed by atoms with Gasteiger partial charge in [0.05, 0.1) is 18.6 Å². The van der Waals surface area contributed by atoms with E-state index in [4.69, 9.17) is 4.74 Å². The number of hydrogen-bond acceptors (Lipinski definition) is 2. The maximum atomic E-state index is 9.88. The third kappa shape index (κ3) is 1.56. The van der Waals surface area contributed by atoms with Crippen LogP contribution >= 0.6 is 0 Å². The quantitative estimate of drug-likeness (QED) is 0.905. The van der Waals surface area contributed by atoms with Crippen LogP contribution in [0.1, 0.15) is 40.7 Å². The summed E-state index contributed by atoms with van der Waals surface area (Å²) in [5.41, 5.74) is 7.12. The lowest BCUT2D eigenvalue weighted by molar-refractivity contribution is -0.111. The Morgan fingerprint density at radius 2 is 1.58 bits per heavy atom. The molecule has 0 aromatic heterocycles. The number of aryl methyl sites for hydroxylation is 2. The molecule has 1 N–H and O–H groups in total. The van der Waals surface area contributed by atoms with Crippen molar-refractivity contribution < 1.29 is 9.84 Å². The zero-order valence-corrected chi connectivity index (χ0v) is 12.5. The van der Waals surface area contributed by atoms with Gasteiger partial charge in [-0.05, 0) is 68.4 Å². The first-order chi connectivity index (χ1) is 8.97. The van der Waals surface area contributed by atoms with Crippen LogP contribution in [0.25, 0.3) is 0 Å². The number of ether oxygens (including phenoxy) is 1. The van der Waals surface area contributed by atoms with E-state index in [1.165, 1.54) is 27.8 Å². The number of rotatable bonds is 3. The highest BCUT2D eigenvalue weighted by atomic mass is 16.5. The Labute approximate surface area is 115 Å². The van der Waals surface area contributed by atoms with Crippen LogP contribution in [0, 0.1) is 33.1 Å². The van der Waals surface area contributed by atoms with E-state index in [2.05, 4.69) is 33.8 Å². The summed E-state index contributed by atoms with van der Waals surface area (Å²) >= 11 is 0. The molecule has 1 aliphatic carbocycles. The minimum Gasteiger partial charge on any atom is -0.396 e. The lowest BCUT2D eigenvalue weighted by Gasteiger charge is -2.50. The molecule has 0 atom stereocenters. The Morgan fingerprint density at radius 1 is 1.05 bits per heavy atom. The van der Waals surface area contributed by atoms with Crippen LogP contribution in [-0.4, -0.2) is 24.9 Å². The summed E-state index contributed by atoms with van der Waals surface area (Å²) in [5, 5.41) is 9.88. The lowest BCUT2D eigenvalue weighted by atomic mass is 9.63. The Morgan fingerprint density at radius 3 is 1.89 bits per heavy atom. The molecule has 0 spiro atoms. The third-order valence-corrected chi connectivity index (χ3v) is 5.71. The predicted octanol–water partition coefficient (Wildman–Crippen LogP) is 2.96. The summed E-state index contributed by atoms with van der Waals surface area (Å²) in [6, 6.07) is 2.28. The molecule has 2 fully saturated rings. The molecule has 1 saturated heterocycles. The molecular weight excluding hydrogens is 236 g/mol. The molecule has 19 heavy (non-hydrogen) atoms. The molecule has 0 radical (unpaired) electrons. The molecule has 2 heteroatoms. The van der Waals surface area contributed by atoms with Crippen molar-refractivity contribution in [3.63, 3.8) is 0 Å². The highest BCUT2D eigenvalue weighted by Gasteiger charge is 2.64. The van der Waals surface area contributed by atoms with E-state index in [1.807, 2.05) is 0 Å². The van der Waals surface area contributed by atoms with Gasteiger partial charge in [0.2, 0.25) is 0 Å². The second-order valence-corrected chi connectivity index (χ2v) is 6.65. The zero-order chi connectivity index (χ0) is 13.8. The largest absolute Gasteiger partial charge is 0.396 e. The minimum absolute atomic E-state index is 0.0622. The van der Waals surface area contributed by atoms with Gasteiger partial charge in [-0.2, -0.15) is 0 Å². The maximum absolute atomic E-state index is 9.88. The summed E-state index contributed by atoms with van der Waals surface area (Å²) in [5.74, 6) is 0. The SMILES string of the molecule is Cc1cc(C)c(C)c(C2(C3(CO)CC3)COC2)c1C. The maximum Gasteiger partial charge on any atom is 0.0592 e. The molecule has 1 aliphatic heterocycles. The second-order valence-electron chi connectivity index (χ2n) is 6.65. The summed E-state index contributed by atoms with van der Waals surface area (Å²) in [7, 11) is 0. The van der Waals surface area contributed by atoms with E-state index in [0.29, 0.717) is 6.61 Å². The van der Waals surface area contributed by atoms with Crippen molar-refractivity contribution in [2.45, 2.75) is 46.0 Å². The topological polar surface area (TPSA) is 29.5 Å². The highest BCUT2D eigenvalue weighted by molar-refractivity contribution is 5.51. The average molecular weight is 260 g/mol. The molecule has 0 unspecified atom stereocenters. The van der Waals surface area contributed by atoms with Gasteiger partial charge in [0.1, 0.15) is 0 Å². The normalized spacial score (nSPS) is 23.0. The Kier molecular flexibility index (Phi) is 2.81. The van der Waals surface area contributed by atoms with Gasteiger partial charge in [0.25, 0.3) is 0 Å². The van der Waals surface area contributed by atoms with Crippen LogP contribution in [0.2, 0.25) is 0 Å². The number of aliphatic hydroxyl groups excluding tert-OH is 1. The van der Waals surface area contributed by atoms with Crippen LogP contribution < -0.4 is 0 Å². The van der Waals surface area contributed by atoms with Gasteiger partial charge in [0.15, 0.2) is 0 Å². The molecule has 0 amide bonds. The molecule has 3 rings (SSSR count). The molecule has 104 valence electrons. The first-order valence-electron chi connectivity index (χ1n) is 7.24. The van der Waals surface area contributed by atoms with Crippen molar-refractivity contribution in [1.29, 1.82) is 0 Å². The minimum atomic E-state index is 0.0622. The summed E-state index contributed by atoms with van der Waals surface area (Å²) in [6.07, 6.45) is 2.28. The second kappa shape index (κ2) is 4.07. The van der Waals surface area contributed by atoms with Crippen LogP contribution in [0.4, 0.5) is 0 Å². The van der Waals surface area contributed by atoms with Gasteiger partial charge in [-0.25, -0.2) is 0 Å². The summed E-state index contributed by atoms with van der Waals surface area (Å²) in [6.45, 7) is 10.7. The monoisotopic (exact) mass is 260 g/mol. The van der Waals surface area contributed by atoms with Crippen molar-refractivity contribution >= 4 is 0 Å². The van der Waals surface area contributed by atoms with Crippen molar-refractivity contribution in [2.24, 2.45) is 5.41 Å². The third-order valence-electron chi connectivity index (χ3n) is 5.71.